The standard InChI is InChI=1S/C12H25NO2Si/c1-12(2,3)16(4,5)15-9-10-7-6-8-13-11(10)14/h10H,6-9H2,1-5H3,(H,13,14). The molecule has 0 radical (unpaired) electrons. The third-order valence-corrected chi connectivity index (χ3v) is 8.35. The molecule has 0 aromatic rings. The molecule has 1 N–H and O–H groups in total. The highest BCUT2D eigenvalue weighted by molar-refractivity contribution is 6.74. The number of piperidine rings is 1. The van der Waals surface area contributed by atoms with E-state index in [4.69, 9.17) is 4.43 Å². The van der Waals surface area contributed by atoms with E-state index >= 15 is 0 Å². The fraction of sp³-hybridized carbons (Fsp3) is 0.917. The maximum absolute atomic E-state index is 11.6. The average Bonchev–Trinajstić information content (AvgIpc) is 2.15. The molecule has 94 valence electrons. The normalized spacial score (nSPS) is 23.1. The first-order chi connectivity index (χ1) is 7.24. The highest BCUT2D eigenvalue weighted by Crippen LogP contribution is 2.37. The van der Waals surface area contributed by atoms with Crippen LogP contribution in [0.3, 0.4) is 0 Å². The lowest BCUT2D eigenvalue weighted by molar-refractivity contribution is -0.127. The Kier molecular flexibility index (Phi) is 4.18. The Hall–Kier alpha value is -0.353. The van der Waals surface area contributed by atoms with Crippen LogP contribution >= 0.6 is 0 Å². The summed E-state index contributed by atoms with van der Waals surface area (Å²) in [6.07, 6.45) is 2.05. The first-order valence-electron chi connectivity index (χ1n) is 6.16. The minimum Gasteiger partial charge on any atom is -0.416 e. The number of carbonyl (C=O) groups is 1. The van der Waals surface area contributed by atoms with Crippen molar-refractivity contribution < 1.29 is 9.22 Å². The Labute approximate surface area is 100 Å². The second kappa shape index (κ2) is 4.88. The molecule has 0 aromatic carbocycles. The summed E-state index contributed by atoms with van der Waals surface area (Å²) in [5.41, 5.74) is 0. The van der Waals surface area contributed by atoms with Crippen LogP contribution in [-0.2, 0) is 9.22 Å². The first kappa shape index (κ1) is 13.7. The molecule has 4 heteroatoms. The lowest BCUT2D eigenvalue weighted by Crippen LogP contribution is -2.45. The van der Waals surface area contributed by atoms with E-state index in [1.165, 1.54) is 0 Å². The van der Waals surface area contributed by atoms with Gasteiger partial charge < -0.3 is 9.74 Å². The molecule has 0 aromatic heterocycles. The first-order valence-corrected chi connectivity index (χ1v) is 9.06. The summed E-state index contributed by atoms with van der Waals surface area (Å²) in [5.74, 6) is 0.243. The number of hydrogen-bond donors (Lipinski definition) is 1. The quantitative estimate of drug-likeness (QED) is 0.774. The number of hydrogen-bond acceptors (Lipinski definition) is 2. The number of carbonyl (C=O) groups excluding carboxylic acids is 1. The van der Waals surface area contributed by atoms with E-state index in [1.807, 2.05) is 0 Å². The van der Waals surface area contributed by atoms with Gasteiger partial charge in [-0.05, 0) is 31.0 Å². The van der Waals surface area contributed by atoms with Crippen molar-refractivity contribution in [2.45, 2.75) is 51.7 Å². The predicted octanol–water partition coefficient (Wildman–Crippen LogP) is 2.53. The van der Waals surface area contributed by atoms with E-state index in [1.54, 1.807) is 0 Å². The average molecular weight is 243 g/mol. The van der Waals surface area contributed by atoms with Crippen molar-refractivity contribution in [2.75, 3.05) is 13.2 Å². The SMILES string of the molecule is CC(C)(C)[Si](C)(C)OCC1CCCNC1=O. The Balaban J connectivity index is 2.47. The summed E-state index contributed by atoms with van der Waals surface area (Å²) in [6, 6.07) is 0. The molecule has 1 saturated heterocycles. The van der Waals surface area contributed by atoms with Crippen LogP contribution in [-0.4, -0.2) is 27.4 Å². The summed E-state index contributed by atoms with van der Waals surface area (Å²) >= 11 is 0. The Morgan fingerprint density at radius 1 is 1.44 bits per heavy atom. The smallest absolute Gasteiger partial charge is 0.225 e. The molecule has 16 heavy (non-hydrogen) atoms. The van der Waals surface area contributed by atoms with Gasteiger partial charge in [-0.15, -0.1) is 0 Å². The molecule has 3 nitrogen and oxygen atoms in total. The van der Waals surface area contributed by atoms with Crippen LogP contribution in [0.15, 0.2) is 0 Å². The Morgan fingerprint density at radius 2 is 2.06 bits per heavy atom. The van der Waals surface area contributed by atoms with Crippen LogP contribution in [0.2, 0.25) is 18.1 Å². The summed E-state index contributed by atoms with van der Waals surface area (Å²) in [7, 11) is -1.70. The molecule has 1 aliphatic rings. The zero-order valence-corrected chi connectivity index (χ0v) is 12.2. The fourth-order valence-electron chi connectivity index (χ4n) is 1.52. The van der Waals surface area contributed by atoms with Gasteiger partial charge >= 0.3 is 0 Å². The third-order valence-electron chi connectivity index (χ3n) is 3.85. The van der Waals surface area contributed by atoms with Gasteiger partial charge in [-0.3, -0.25) is 4.79 Å². The number of amides is 1. The van der Waals surface area contributed by atoms with Gasteiger partial charge in [0.15, 0.2) is 8.32 Å². The van der Waals surface area contributed by atoms with E-state index in [-0.39, 0.29) is 16.9 Å². The largest absolute Gasteiger partial charge is 0.416 e. The van der Waals surface area contributed by atoms with Crippen molar-refractivity contribution in [2.24, 2.45) is 5.92 Å². The fourth-order valence-corrected chi connectivity index (χ4v) is 2.57. The third kappa shape index (κ3) is 3.32. The van der Waals surface area contributed by atoms with E-state index in [9.17, 15) is 4.79 Å². The van der Waals surface area contributed by atoms with Crippen molar-refractivity contribution in [1.82, 2.24) is 5.32 Å². The highest BCUT2D eigenvalue weighted by Gasteiger charge is 2.38. The second-order valence-corrected chi connectivity index (χ2v) is 11.0. The molecule has 1 unspecified atom stereocenters. The lowest BCUT2D eigenvalue weighted by Gasteiger charge is -2.37. The van der Waals surface area contributed by atoms with Crippen LogP contribution in [0.25, 0.3) is 0 Å². The van der Waals surface area contributed by atoms with Gasteiger partial charge in [-0.2, -0.15) is 0 Å². The van der Waals surface area contributed by atoms with E-state index in [0.29, 0.717) is 6.61 Å². The van der Waals surface area contributed by atoms with Gasteiger partial charge in [0.25, 0.3) is 0 Å². The summed E-state index contributed by atoms with van der Waals surface area (Å²) in [5, 5.41) is 3.12. The lowest BCUT2D eigenvalue weighted by atomic mass is 10.0. The van der Waals surface area contributed by atoms with Crippen molar-refractivity contribution in [3.05, 3.63) is 0 Å². The van der Waals surface area contributed by atoms with Crippen LogP contribution in [0.4, 0.5) is 0 Å². The van der Waals surface area contributed by atoms with Gasteiger partial charge in [-0.25, -0.2) is 0 Å². The molecule has 0 bridgehead atoms. The monoisotopic (exact) mass is 243 g/mol. The summed E-state index contributed by atoms with van der Waals surface area (Å²) in [6.45, 7) is 12.6. The summed E-state index contributed by atoms with van der Waals surface area (Å²) < 4.78 is 6.08. The number of rotatable bonds is 3. The van der Waals surface area contributed by atoms with Crippen molar-refractivity contribution >= 4 is 14.2 Å². The van der Waals surface area contributed by atoms with Crippen LogP contribution < -0.4 is 5.32 Å². The molecule has 0 spiro atoms. The van der Waals surface area contributed by atoms with Crippen molar-refractivity contribution in [3.63, 3.8) is 0 Å². The molecular weight excluding hydrogens is 218 g/mol. The van der Waals surface area contributed by atoms with E-state index in [2.05, 4.69) is 39.2 Å². The number of nitrogens with one attached hydrogen (secondary N) is 1. The molecule has 1 fully saturated rings. The minimum atomic E-state index is -1.70. The van der Waals surface area contributed by atoms with Gasteiger partial charge in [-0.1, -0.05) is 20.8 Å². The molecule has 0 saturated carbocycles. The maximum atomic E-state index is 11.6. The molecule has 1 rings (SSSR count). The molecule has 1 amide bonds. The van der Waals surface area contributed by atoms with Crippen LogP contribution in [0.5, 0.6) is 0 Å². The Morgan fingerprint density at radius 3 is 2.56 bits per heavy atom. The molecule has 0 aliphatic carbocycles. The summed E-state index contributed by atoms with van der Waals surface area (Å²) in [4.78, 5) is 11.6. The maximum Gasteiger partial charge on any atom is 0.225 e. The van der Waals surface area contributed by atoms with Crippen LogP contribution in [0.1, 0.15) is 33.6 Å². The molecule has 1 atom stereocenters. The minimum absolute atomic E-state index is 0.0721. The van der Waals surface area contributed by atoms with Gasteiger partial charge in [0, 0.05) is 13.2 Å². The van der Waals surface area contributed by atoms with E-state index in [0.717, 1.165) is 19.4 Å². The zero-order chi connectivity index (χ0) is 12.4. The highest BCUT2D eigenvalue weighted by atomic mass is 28.4. The molecule has 1 heterocycles. The molecule has 1 aliphatic heterocycles. The second-order valence-electron chi connectivity index (χ2n) is 6.20. The van der Waals surface area contributed by atoms with E-state index < -0.39 is 8.32 Å². The molecular formula is C12H25NO2Si. The predicted molar refractivity (Wildman–Crippen MR) is 68.9 cm³/mol. The van der Waals surface area contributed by atoms with Gasteiger partial charge in [0.05, 0.1) is 5.92 Å². The topological polar surface area (TPSA) is 38.3 Å². The zero-order valence-electron chi connectivity index (χ0n) is 11.2. The van der Waals surface area contributed by atoms with Crippen molar-refractivity contribution in [1.29, 1.82) is 0 Å². The van der Waals surface area contributed by atoms with Crippen molar-refractivity contribution in [3.8, 4) is 0 Å². The van der Waals surface area contributed by atoms with Crippen LogP contribution in [0, 0.1) is 5.92 Å². The van der Waals surface area contributed by atoms with Gasteiger partial charge in [0.2, 0.25) is 5.91 Å². The Bertz CT molecular complexity index is 258. The van der Waals surface area contributed by atoms with Gasteiger partial charge in [0.1, 0.15) is 0 Å².